The second-order valence-electron chi connectivity index (χ2n) is 6.18. The molecule has 0 spiro atoms. The molecule has 0 fully saturated rings. The van der Waals surface area contributed by atoms with Gasteiger partial charge in [-0.1, -0.05) is 18.1 Å². The van der Waals surface area contributed by atoms with Crippen molar-refractivity contribution < 1.29 is 9.59 Å². The van der Waals surface area contributed by atoms with Crippen LogP contribution in [0.5, 0.6) is 0 Å². The molecule has 0 aliphatic carbocycles. The van der Waals surface area contributed by atoms with Crippen LogP contribution in [0.1, 0.15) is 32.1 Å². The number of benzene rings is 2. The number of aromatic nitrogens is 3. The molecule has 29 heavy (non-hydrogen) atoms. The summed E-state index contributed by atoms with van der Waals surface area (Å²) >= 11 is 0. The van der Waals surface area contributed by atoms with Gasteiger partial charge in [0.05, 0.1) is 0 Å². The molecule has 0 unspecified atom stereocenters. The summed E-state index contributed by atoms with van der Waals surface area (Å²) in [6.07, 6.45) is 1.85. The molecule has 140 valence electrons. The number of nitrogens with two attached hydrogens (primary N) is 1. The molecular formula is C22H15N5O2. The van der Waals surface area contributed by atoms with Crippen molar-refractivity contribution in [3.05, 3.63) is 95.4 Å². The van der Waals surface area contributed by atoms with Crippen LogP contribution in [0.2, 0.25) is 0 Å². The zero-order chi connectivity index (χ0) is 20.2. The van der Waals surface area contributed by atoms with Crippen LogP contribution in [-0.4, -0.2) is 26.4 Å². The summed E-state index contributed by atoms with van der Waals surface area (Å²) in [4.78, 5) is 23.5. The van der Waals surface area contributed by atoms with E-state index in [1.165, 1.54) is 12.1 Å². The van der Waals surface area contributed by atoms with Gasteiger partial charge in [0.1, 0.15) is 0 Å². The minimum absolute atomic E-state index is 0.297. The van der Waals surface area contributed by atoms with Crippen LogP contribution in [0.25, 0.3) is 5.65 Å². The van der Waals surface area contributed by atoms with Crippen molar-refractivity contribution in [3.8, 4) is 11.8 Å². The standard InChI is InChI=1S/C22H15N5O2/c23-21(28)16-8-10-17(11-9-16)22(29)24-18-5-3-4-15(14-18)7-12-20-26-25-19-6-1-2-13-27(19)20/h1-6,8-11,13-14H,(H2,23,28)(H,24,29). The lowest BCUT2D eigenvalue weighted by molar-refractivity contribution is 0.0995. The third kappa shape index (κ3) is 3.96. The average molecular weight is 381 g/mol. The van der Waals surface area contributed by atoms with Crippen molar-refractivity contribution in [2.75, 3.05) is 5.32 Å². The summed E-state index contributed by atoms with van der Waals surface area (Å²) in [6.45, 7) is 0. The molecule has 0 saturated carbocycles. The predicted octanol–water partition coefficient (Wildman–Crippen LogP) is 2.48. The second-order valence-corrected chi connectivity index (χ2v) is 6.18. The van der Waals surface area contributed by atoms with Gasteiger partial charge in [-0.2, -0.15) is 0 Å². The summed E-state index contributed by atoms with van der Waals surface area (Å²) in [6, 6.07) is 18.9. The quantitative estimate of drug-likeness (QED) is 0.532. The molecule has 7 heteroatoms. The molecule has 0 radical (unpaired) electrons. The SMILES string of the molecule is NC(=O)c1ccc(C(=O)Nc2cccc(C#Cc3nnc4ccccn34)c2)cc1. The molecule has 2 heterocycles. The number of amides is 2. The fraction of sp³-hybridized carbons (Fsp3) is 0. The predicted molar refractivity (Wildman–Crippen MR) is 108 cm³/mol. The van der Waals surface area contributed by atoms with E-state index in [9.17, 15) is 9.59 Å². The van der Waals surface area contributed by atoms with Crippen LogP contribution in [0.4, 0.5) is 5.69 Å². The largest absolute Gasteiger partial charge is 0.366 e. The molecule has 4 rings (SSSR count). The maximum absolute atomic E-state index is 12.4. The van der Waals surface area contributed by atoms with Crippen LogP contribution in [-0.2, 0) is 0 Å². The maximum Gasteiger partial charge on any atom is 0.255 e. The zero-order valence-electron chi connectivity index (χ0n) is 15.2. The number of fused-ring (bicyclic) bond motifs is 1. The Bertz CT molecular complexity index is 1280. The molecule has 2 aromatic heterocycles. The number of hydrogen-bond donors (Lipinski definition) is 2. The topological polar surface area (TPSA) is 102 Å². The van der Waals surface area contributed by atoms with Crippen molar-refractivity contribution in [1.29, 1.82) is 0 Å². The van der Waals surface area contributed by atoms with E-state index in [0.717, 1.165) is 11.2 Å². The highest BCUT2D eigenvalue weighted by molar-refractivity contribution is 6.05. The first kappa shape index (κ1) is 17.9. The number of hydrogen-bond acceptors (Lipinski definition) is 4. The first-order valence-corrected chi connectivity index (χ1v) is 8.73. The minimum Gasteiger partial charge on any atom is -0.366 e. The Hall–Kier alpha value is -4.44. The first-order valence-electron chi connectivity index (χ1n) is 8.73. The van der Waals surface area contributed by atoms with Crippen LogP contribution < -0.4 is 11.1 Å². The van der Waals surface area contributed by atoms with Crippen molar-refractivity contribution in [3.63, 3.8) is 0 Å². The number of nitrogens with one attached hydrogen (secondary N) is 1. The smallest absolute Gasteiger partial charge is 0.255 e. The fourth-order valence-electron chi connectivity index (χ4n) is 2.72. The fourth-order valence-corrected chi connectivity index (χ4v) is 2.72. The second kappa shape index (κ2) is 7.66. The van der Waals surface area contributed by atoms with E-state index in [1.807, 2.05) is 30.5 Å². The molecule has 4 aromatic rings. The lowest BCUT2D eigenvalue weighted by atomic mass is 10.1. The molecule has 2 aromatic carbocycles. The third-order valence-electron chi connectivity index (χ3n) is 4.18. The Morgan fingerprint density at radius 2 is 1.69 bits per heavy atom. The van der Waals surface area contributed by atoms with Crippen molar-refractivity contribution in [1.82, 2.24) is 14.6 Å². The van der Waals surface area contributed by atoms with Gasteiger partial charge >= 0.3 is 0 Å². The number of carbonyl (C=O) groups excluding carboxylic acids is 2. The lowest BCUT2D eigenvalue weighted by Crippen LogP contribution is -2.14. The highest BCUT2D eigenvalue weighted by atomic mass is 16.2. The van der Waals surface area contributed by atoms with Crippen LogP contribution in [0, 0.1) is 11.8 Å². The molecule has 3 N–H and O–H groups in total. The van der Waals surface area contributed by atoms with Gasteiger partial charge < -0.3 is 11.1 Å². The number of anilines is 1. The van der Waals surface area contributed by atoms with Gasteiger partial charge in [0, 0.05) is 28.6 Å². The summed E-state index contributed by atoms with van der Waals surface area (Å²) in [5.41, 5.74) is 8.02. The summed E-state index contributed by atoms with van der Waals surface area (Å²) in [5, 5.41) is 11.0. The molecule has 0 aliphatic rings. The number of pyridine rings is 1. The Kier molecular flexibility index (Phi) is 4.74. The van der Waals surface area contributed by atoms with Gasteiger partial charge in [-0.25, -0.2) is 0 Å². The number of rotatable bonds is 3. The average Bonchev–Trinajstić information content (AvgIpc) is 3.16. The summed E-state index contributed by atoms with van der Waals surface area (Å²) in [7, 11) is 0. The van der Waals surface area contributed by atoms with Gasteiger partial charge in [-0.15, -0.1) is 10.2 Å². The van der Waals surface area contributed by atoms with Gasteiger partial charge in [0.25, 0.3) is 5.91 Å². The molecule has 0 aliphatic heterocycles. The van der Waals surface area contributed by atoms with E-state index in [0.29, 0.717) is 22.6 Å². The van der Waals surface area contributed by atoms with E-state index in [1.54, 1.807) is 34.7 Å². The number of nitrogens with zero attached hydrogens (tertiary/aromatic N) is 3. The highest BCUT2D eigenvalue weighted by Gasteiger charge is 2.08. The summed E-state index contributed by atoms with van der Waals surface area (Å²) < 4.78 is 1.80. The van der Waals surface area contributed by atoms with Crippen molar-refractivity contribution in [2.45, 2.75) is 0 Å². The summed E-state index contributed by atoms with van der Waals surface area (Å²) in [5.74, 6) is 5.73. The zero-order valence-corrected chi connectivity index (χ0v) is 15.2. The van der Waals surface area contributed by atoms with E-state index < -0.39 is 5.91 Å². The van der Waals surface area contributed by atoms with E-state index >= 15 is 0 Å². The number of carbonyl (C=O) groups is 2. The molecule has 0 bridgehead atoms. The first-order chi connectivity index (χ1) is 14.1. The van der Waals surface area contributed by atoms with Crippen LogP contribution >= 0.6 is 0 Å². The lowest BCUT2D eigenvalue weighted by Gasteiger charge is -2.06. The van der Waals surface area contributed by atoms with Crippen molar-refractivity contribution in [2.24, 2.45) is 5.73 Å². The Labute approximate surface area is 166 Å². The molecule has 0 atom stereocenters. The molecular weight excluding hydrogens is 366 g/mol. The Balaban J connectivity index is 1.52. The Morgan fingerprint density at radius 1 is 0.897 bits per heavy atom. The minimum atomic E-state index is -0.538. The number of primary amides is 1. The van der Waals surface area contributed by atoms with Crippen molar-refractivity contribution >= 4 is 23.1 Å². The molecule has 7 nitrogen and oxygen atoms in total. The Morgan fingerprint density at radius 3 is 2.48 bits per heavy atom. The van der Waals surface area contributed by atoms with Crippen LogP contribution in [0.15, 0.2) is 72.9 Å². The van der Waals surface area contributed by atoms with Gasteiger partial charge in [0.2, 0.25) is 11.7 Å². The van der Waals surface area contributed by atoms with Gasteiger partial charge in [0.15, 0.2) is 5.65 Å². The maximum atomic E-state index is 12.4. The monoisotopic (exact) mass is 381 g/mol. The van der Waals surface area contributed by atoms with E-state index in [4.69, 9.17) is 5.73 Å². The highest BCUT2D eigenvalue weighted by Crippen LogP contribution is 2.13. The third-order valence-corrected chi connectivity index (χ3v) is 4.18. The van der Waals surface area contributed by atoms with Gasteiger partial charge in [-0.05, 0) is 60.5 Å². The van der Waals surface area contributed by atoms with Crippen LogP contribution in [0.3, 0.4) is 0 Å². The van der Waals surface area contributed by atoms with E-state index in [2.05, 4.69) is 27.4 Å². The van der Waals surface area contributed by atoms with E-state index in [-0.39, 0.29) is 5.91 Å². The molecule has 2 amide bonds. The normalized spacial score (nSPS) is 10.2. The van der Waals surface area contributed by atoms with Gasteiger partial charge in [-0.3, -0.25) is 14.0 Å². The molecule has 0 saturated heterocycles.